The second kappa shape index (κ2) is 9.74. The molecule has 1 amide bonds. The number of aliphatic imine (C=N–C) groups is 1. The van der Waals surface area contributed by atoms with Gasteiger partial charge in [-0.15, -0.1) is 0 Å². The summed E-state index contributed by atoms with van der Waals surface area (Å²) in [5, 5.41) is 3.04. The van der Waals surface area contributed by atoms with E-state index in [0.717, 1.165) is 36.5 Å². The first-order valence-electron chi connectivity index (χ1n) is 10.6. The lowest BCUT2D eigenvalue weighted by Crippen LogP contribution is -2.33. The van der Waals surface area contributed by atoms with E-state index in [1.54, 1.807) is 19.5 Å². The van der Waals surface area contributed by atoms with E-state index in [2.05, 4.69) is 20.3 Å². The number of carbonyl (C=O) groups excluding carboxylic acids is 1. The highest BCUT2D eigenvalue weighted by atomic mass is 19.1. The number of hydrogen-bond acceptors (Lipinski definition) is 7. The second-order valence-electron chi connectivity index (χ2n) is 7.83. The van der Waals surface area contributed by atoms with Gasteiger partial charge in [0.25, 0.3) is 5.91 Å². The summed E-state index contributed by atoms with van der Waals surface area (Å²) >= 11 is 0. The Kier molecular flexibility index (Phi) is 6.60. The zero-order valence-electron chi connectivity index (χ0n) is 18.2. The average Bonchev–Trinajstić information content (AvgIpc) is 2.82. The first-order chi connectivity index (χ1) is 15.9. The number of anilines is 2. The highest BCUT2D eigenvalue weighted by Crippen LogP contribution is 2.29. The van der Waals surface area contributed by atoms with E-state index in [-0.39, 0.29) is 23.2 Å². The van der Waals surface area contributed by atoms with Crippen LogP contribution in [0.3, 0.4) is 0 Å². The van der Waals surface area contributed by atoms with Crippen molar-refractivity contribution in [1.29, 1.82) is 0 Å². The van der Waals surface area contributed by atoms with Gasteiger partial charge in [0.15, 0.2) is 11.6 Å². The molecular formula is C24H25FN6O2. The summed E-state index contributed by atoms with van der Waals surface area (Å²) < 4.78 is 20.0. The highest BCUT2D eigenvalue weighted by Gasteiger charge is 2.20. The van der Waals surface area contributed by atoms with Crippen LogP contribution in [-0.4, -0.2) is 34.7 Å². The first-order valence-corrected chi connectivity index (χ1v) is 10.6. The number of nitrogens with zero attached hydrogens (tertiary/aromatic N) is 3. The predicted molar refractivity (Wildman–Crippen MR) is 126 cm³/mol. The quantitative estimate of drug-likeness (QED) is 0.521. The van der Waals surface area contributed by atoms with Crippen molar-refractivity contribution >= 4 is 28.9 Å². The Morgan fingerprint density at radius 1 is 1.21 bits per heavy atom. The maximum absolute atomic E-state index is 14.7. The molecule has 1 aliphatic carbocycles. The van der Waals surface area contributed by atoms with E-state index < -0.39 is 11.7 Å². The van der Waals surface area contributed by atoms with Crippen LogP contribution in [0.15, 0.2) is 53.8 Å². The fourth-order valence-electron chi connectivity index (χ4n) is 3.74. The lowest BCUT2D eigenvalue weighted by atomic mass is 9.94. The molecule has 1 aromatic carbocycles. The third-order valence-electron chi connectivity index (χ3n) is 5.50. The molecule has 2 aromatic heterocycles. The maximum atomic E-state index is 14.7. The van der Waals surface area contributed by atoms with Gasteiger partial charge in [-0.2, -0.15) is 0 Å². The lowest BCUT2D eigenvalue weighted by molar-refractivity contribution is 0.100. The Morgan fingerprint density at radius 3 is 2.82 bits per heavy atom. The van der Waals surface area contributed by atoms with Crippen LogP contribution in [0.5, 0.6) is 5.75 Å². The molecular weight excluding hydrogens is 423 g/mol. The SMILES string of the molecule is COc1cccc(-c2cncc(Nc3nc(N=C4CCCCC4N)c(F)cc3C(N)=O)c2)c1. The number of ether oxygens (including phenoxy) is 1. The van der Waals surface area contributed by atoms with E-state index in [1.807, 2.05) is 30.3 Å². The smallest absolute Gasteiger partial charge is 0.252 e. The predicted octanol–water partition coefficient (Wildman–Crippen LogP) is 4.11. The van der Waals surface area contributed by atoms with Crippen LogP contribution in [0, 0.1) is 5.82 Å². The highest BCUT2D eigenvalue weighted by molar-refractivity contribution is 5.99. The number of pyridine rings is 2. The third-order valence-corrected chi connectivity index (χ3v) is 5.50. The van der Waals surface area contributed by atoms with Gasteiger partial charge in [-0.25, -0.2) is 14.4 Å². The van der Waals surface area contributed by atoms with E-state index >= 15 is 0 Å². The van der Waals surface area contributed by atoms with Crippen molar-refractivity contribution in [2.24, 2.45) is 16.5 Å². The third kappa shape index (κ3) is 5.15. The van der Waals surface area contributed by atoms with Crippen LogP contribution in [-0.2, 0) is 0 Å². The Bertz CT molecular complexity index is 1210. The normalized spacial score (nSPS) is 17.1. The van der Waals surface area contributed by atoms with E-state index in [0.29, 0.717) is 23.6 Å². The fraction of sp³-hybridized carbons (Fsp3) is 0.250. The second-order valence-corrected chi connectivity index (χ2v) is 7.83. The average molecular weight is 449 g/mol. The summed E-state index contributed by atoms with van der Waals surface area (Å²) in [4.78, 5) is 24.9. The number of hydrogen-bond donors (Lipinski definition) is 3. The lowest BCUT2D eigenvalue weighted by Gasteiger charge is -2.20. The van der Waals surface area contributed by atoms with Crippen molar-refractivity contribution in [3.63, 3.8) is 0 Å². The molecule has 170 valence electrons. The Morgan fingerprint density at radius 2 is 2.06 bits per heavy atom. The van der Waals surface area contributed by atoms with Crippen molar-refractivity contribution in [2.45, 2.75) is 31.7 Å². The summed E-state index contributed by atoms with van der Waals surface area (Å²) in [6, 6.07) is 10.2. The van der Waals surface area contributed by atoms with Gasteiger partial charge in [-0.3, -0.25) is 9.78 Å². The van der Waals surface area contributed by atoms with Crippen LogP contribution >= 0.6 is 0 Å². The topological polar surface area (TPSA) is 129 Å². The Labute approximate surface area is 190 Å². The van der Waals surface area contributed by atoms with E-state index in [9.17, 15) is 9.18 Å². The van der Waals surface area contributed by atoms with Crippen LogP contribution in [0.2, 0.25) is 0 Å². The molecule has 1 aliphatic rings. The van der Waals surface area contributed by atoms with E-state index in [4.69, 9.17) is 16.2 Å². The van der Waals surface area contributed by atoms with Crippen molar-refractivity contribution in [3.05, 3.63) is 60.2 Å². The Hall–Kier alpha value is -3.85. The molecule has 1 fully saturated rings. The molecule has 0 bridgehead atoms. The standard InChI is InChI=1S/C24H25FN6O2/c1-33-17-6-4-5-14(10-17)15-9-16(13-28-12-15)29-23-18(22(27)32)11-19(25)24(31-23)30-21-8-3-2-7-20(21)26/h4-6,9-13,20H,2-3,7-8,26H2,1H3,(H2,27,32)(H,29,31). The van der Waals surface area contributed by atoms with Crippen LogP contribution in [0.1, 0.15) is 36.0 Å². The fourth-order valence-corrected chi connectivity index (χ4v) is 3.74. The largest absolute Gasteiger partial charge is 0.497 e. The molecule has 0 aliphatic heterocycles. The summed E-state index contributed by atoms with van der Waals surface area (Å²) in [7, 11) is 1.60. The molecule has 9 heteroatoms. The number of benzene rings is 1. The number of methoxy groups -OCH3 is 1. The zero-order valence-corrected chi connectivity index (χ0v) is 18.2. The minimum absolute atomic E-state index is 0.0869. The summed E-state index contributed by atoms with van der Waals surface area (Å²) in [6.45, 7) is 0. The molecule has 4 rings (SSSR count). The molecule has 1 saturated carbocycles. The van der Waals surface area contributed by atoms with Crippen molar-refractivity contribution in [2.75, 3.05) is 12.4 Å². The summed E-state index contributed by atoms with van der Waals surface area (Å²) in [5.74, 6) is -0.868. The van der Waals surface area contributed by atoms with Gasteiger partial charge >= 0.3 is 0 Å². The number of nitrogens with one attached hydrogen (secondary N) is 1. The van der Waals surface area contributed by atoms with Crippen LogP contribution < -0.4 is 21.5 Å². The Balaban J connectivity index is 1.70. The number of carbonyl (C=O) groups is 1. The summed E-state index contributed by atoms with van der Waals surface area (Å²) in [5.41, 5.74) is 14.5. The van der Waals surface area contributed by atoms with Gasteiger partial charge in [-0.05, 0) is 49.1 Å². The molecule has 0 saturated heterocycles. The van der Waals surface area contributed by atoms with Crippen molar-refractivity contribution < 1.29 is 13.9 Å². The molecule has 1 unspecified atom stereocenters. The number of primary amides is 1. The number of halogens is 1. The molecule has 3 aromatic rings. The molecule has 8 nitrogen and oxygen atoms in total. The molecule has 5 N–H and O–H groups in total. The van der Waals surface area contributed by atoms with Crippen molar-refractivity contribution in [1.82, 2.24) is 9.97 Å². The van der Waals surface area contributed by atoms with Gasteiger partial charge in [0.1, 0.15) is 11.6 Å². The molecule has 0 spiro atoms. The van der Waals surface area contributed by atoms with Crippen LogP contribution in [0.4, 0.5) is 21.7 Å². The number of amides is 1. The first kappa shape index (κ1) is 22.3. The van der Waals surface area contributed by atoms with E-state index in [1.165, 1.54) is 0 Å². The number of nitrogens with two attached hydrogens (primary N) is 2. The van der Waals surface area contributed by atoms with Gasteiger partial charge in [0, 0.05) is 23.5 Å². The molecule has 2 heterocycles. The van der Waals surface area contributed by atoms with Gasteiger partial charge < -0.3 is 21.5 Å². The maximum Gasteiger partial charge on any atom is 0.252 e. The minimum atomic E-state index is -0.811. The number of aromatic nitrogens is 2. The van der Waals surface area contributed by atoms with Crippen molar-refractivity contribution in [3.8, 4) is 16.9 Å². The van der Waals surface area contributed by atoms with Gasteiger partial charge in [0.2, 0.25) is 0 Å². The van der Waals surface area contributed by atoms with Crippen LogP contribution in [0.25, 0.3) is 11.1 Å². The minimum Gasteiger partial charge on any atom is -0.497 e. The monoisotopic (exact) mass is 448 g/mol. The van der Waals surface area contributed by atoms with Gasteiger partial charge in [-0.1, -0.05) is 18.6 Å². The summed E-state index contributed by atoms with van der Waals surface area (Å²) in [6.07, 6.45) is 6.72. The molecule has 33 heavy (non-hydrogen) atoms. The zero-order chi connectivity index (χ0) is 23.4. The molecule has 1 atom stereocenters. The van der Waals surface area contributed by atoms with Gasteiger partial charge in [0.05, 0.1) is 24.6 Å². The molecule has 0 radical (unpaired) electrons. The number of rotatable bonds is 6.